The van der Waals surface area contributed by atoms with Crippen molar-refractivity contribution in [3.8, 4) is 0 Å². The van der Waals surface area contributed by atoms with Crippen molar-refractivity contribution >= 4 is 35.0 Å². The number of nitrogens with zero attached hydrogens (tertiary/aromatic N) is 1. The van der Waals surface area contributed by atoms with E-state index in [9.17, 15) is 9.59 Å². The Morgan fingerprint density at radius 1 is 1.00 bits per heavy atom. The van der Waals surface area contributed by atoms with Gasteiger partial charge in [0, 0.05) is 18.6 Å². The Kier molecular flexibility index (Phi) is 6.02. The van der Waals surface area contributed by atoms with E-state index in [1.165, 1.54) is 4.90 Å². The summed E-state index contributed by atoms with van der Waals surface area (Å²) in [5.74, 6) is -0.597. The van der Waals surface area contributed by atoms with Crippen molar-refractivity contribution < 1.29 is 9.59 Å². The van der Waals surface area contributed by atoms with Crippen LogP contribution in [0.25, 0.3) is 0 Å². The second kappa shape index (κ2) is 7.99. The van der Waals surface area contributed by atoms with E-state index < -0.39 is 0 Å². The molecule has 2 amide bonds. The molecule has 0 aromatic heterocycles. The van der Waals surface area contributed by atoms with Crippen LogP contribution in [-0.4, -0.2) is 30.3 Å². The van der Waals surface area contributed by atoms with Crippen LogP contribution in [0.3, 0.4) is 0 Å². The van der Waals surface area contributed by atoms with Gasteiger partial charge >= 0.3 is 0 Å². The van der Waals surface area contributed by atoms with Gasteiger partial charge in [-0.2, -0.15) is 0 Å². The van der Waals surface area contributed by atoms with Crippen molar-refractivity contribution in [3.05, 3.63) is 69.7 Å². The quantitative estimate of drug-likeness (QED) is 0.898. The molecule has 1 N–H and O–H groups in total. The van der Waals surface area contributed by atoms with Crippen molar-refractivity contribution in [2.75, 3.05) is 13.6 Å². The first-order valence-corrected chi connectivity index (χ1v) is 7.74. The van der Waals surface area contributed by atoms with Crippen molar-refractivity contribution in [3.63, 3.8) is 0 Å². The normalized spacial score (nSPS) is 10.2. The summed E-state index contributed by atoms with van der Waals surface area (Å²) in [7, 11) is 1.66. The zero-order chi connectivity index (χ0) is 16.8. The molecule has 120 valence electrons. The summed E-state index contributed by atoms with van der Waals surface area (Å²) in [5.41, 5.74) is 1.19. The number of carbonyl (C=O) groups is 2. The number of hydrogen-bond acceptors (Lipinski definition) is 2. The maximum absolute atomic E-state index is 12.1. The lowest BCUT2D eigenvalue weighted by atomic mass is 10.2. The van der Waals surface area contributed by atoms with Crippen LogP contribution in [0.4, 0.5) is 0 Å². The summed E-state index contributed by atoms with van der Waals surface area (Å²) in [5, 5.41) is 3.53. The van der Waals surface area contributed by atoms with E-state index >= 15 is 0 Å². The fraction of sp³-hybridized carbons (Fsp3) is 0.176. The van der Waals surface area contributed by atoms with Crippen LogP contribution in [-0.2, 0) is 11.3 Å². The molecule has 0 unspecified atom stereocenters. The van der Waals surface area contributed by atoms with Gasteiger partial charge < -0.3 is 10.2 Å². The first kappa shape index (κ1) is 17.3. The molecule has 2 aromatic rings. The molecule has 0 spiro atoms. The van der Waals surface area contributed by atoms with E-state index in [2.05, 4.69) is 5.32 Å². The molecule has 0 radical (unpaired) electrons. The molecule has 0 aliphatic heterocycles. The van der Waals surface area contributed by atoms with Crippen LogP contribution in [0.15, 0.2) is 48.5 Å². The minimum absolute atomic E-state index is 0.106. The number of carbonyl (C=O) groups excluding carboxylic acids is 2. The zero-order valence-corrected chi connectivity index (χ0v) is 14.1. The van der Waals surface area contributed by atoms with Gasteiger partial charge in [-0.3, -0.25) is 9.59 Å². The Balaban J connectivity index is 1.91. The Labute approximate surface area is 145 Å². The highest BCUT2D eigenvalue weighted by Gasteiger charge is 2.14. The van der Waals surface area contributed by atoms with E-state index in [0.29, 0.717) is 22.2 Å². The highest BCUT2D eigenvalue weighted by molar-refractivity contribution is 6.33. The number of halogens is 2. The third-order valence-electron chi connectivity index (χ3n) is 3.31. The molecule has 2 rings (SSSR count). The zero-order valence-electron chi connectivity index (χ0n) is 12.6. The van der Waals surface area contributed by atoms with Gasteiger partial charge in [0.15, 0.2) is 0 Å². The monoisotopic (exact) mass is 350 g/mol. The highest BCUT2D eigenvalue weighted by Crippen LogP contribution is 2.16. The molecule has 0 bridgehead atoms. The van der Waals surface area contributed by atoms with E-state index in [4.69, 9.17) is 23.2 Å². The molecule has 2 aromatic carbocycles. The average Bonchev–Trinajstić information content (AvgIpc) is 2.54. The molecule has 0 saturated carbocycles. The molecule has 4 nitrogen and oxygen atoms in total. The summed E-state index contributed by atoms with van der Waals surface area (Å²) < 4.78 is 0. The molecule has 0 aliphatic carbocycles. The summed E-state index contributed by atoms with van der Waals surface area (Å²) >= 11 is 12.0. The molecular weight excluding hydrogens is 335 g/mol. The average molecular weight is 351 g/mol. The topological polar surface area (TPSA) is 49.4 Å². The largest absolute Gasteiger partial charge is 0.343 e. The predicted molar refractivity (Wildman–Crippen MR) is 91.7 cm³/mol. The predicted octanol–water partition coefficient (Wildman–Crippen LogP) is 3.38. The van der Waals surface area contributed by atoms with Gasteiger partial charge in [0.25, 0.3) is 5.91 Å². The lowest BCUT2D eigenvalue weighted by Crippen LogP contribution is -2.37. The third kappa shape index (κ3) is 4.71. The van der Waals surface area contributed by atoms with Gasteiger partial charge in [-0.25, -0.2) is 0 Å². The molecule has 0 atom stereocenters. The number of likely N-dealkylation sites (N-methyl/N-ethyl adjacent to an activating group) is 1. The number of benzene rings is 2. The van der Waals surface area contributed by atoms with Crippen molar-refractivity contribution in [1.29, 1.82) is 0 Å². The van der Waals surface area contributed by atoms with Crippen molar-refractivity contribution in [1.82, 2.24) is 10.2 Å². The SMILES string of the molecule is CN(Cc1ccccc1Cl)C(=O)CNC(=O)c1ccccc1Cl. The van der Waals surface area contributed by atoms with Crippen LogP contribution in [0.1, 0.15) is 15.9 Å². The van der Waals surface area contributed by atoms with Gasteiger partial charge in [0.1, 0.15) is 0 Å². The lowest BCUT2D eigenvalue weighted by Gasteiger charge is -2.18. The Morgan fingerprint density at radius 3 is 2.26 bits per heavy atom. The molecule has 23 heavy (non-hydrogen) atoms. The van der Waals surface area contributed by atoms with Crippen LogP contribution in [0.5, 0.6) is 0 Å². The molecular formula is C17H16Cl2N2O2. The second-order valence-electron chi connectivity index (χ2n) is 5.00. The smallest absolute Gasteiger partial charge is 0.253 e. The summed E-state index contributed by atoms with van der Waals surface area (Å²) in [6, 6.07) is 14.0. The summed E-state index contributed by atoms with van der Waals surface area (Å²) in [6.45, 7) is 0.269. The molecule has 0 saturated heterocycles. The first-order valence-electron chi connectivity index (χ1n) is 6.99. The number of amides is 2. The molecule has 0 aliphatic rings. The van der Waals surface area contributed by atoms with E-state index in [-0.39, 0.29) is 18.4 Å². The van der Waals surface area contributed by atoms with E-state index in [1.807, 2.05) is 18.2 Å². The Bertz CT molecular complexity index is 719. The van der Waals surface area contributed by atoms with Crippen molar-refractivity contribution in [2.24, 2.45) is 0 Å². The van der Waals surface area contributed by atoms with Crippen LogP contribution in [0.2, 0.25) is 10.0 Å². The standard InChI is InChI=1S/C17H16Cl2N2O2/c1-21(11-12-6-2-4-8-14(12)18)16(22)10-20-17(23)13-7-3-5-9-15(13)19/h2-9H,10-11H2,1H3,(H,20,23). The van der Waals surface area contributed by atoms with Gasteiger partial charge in [-0.15, -0.1) is 0 Å². The molecule has 6 heteroatoms. The number of nitrogens with one attached hydrogen (secondary N) is 1. The van der Waals surface area contributed by atoms with Gasteiger partial charge in [0.2, 0.25) is 5.91 Å². The van der Waals surface area contributed by atoms with Crippen LogP contribution in [0, 0.1) is 0 Å². The summed E-state index contributed by atoms with van der Waals surface area (Å²) in [6.07, 6.45) is 0. The Hall–Kier alpha value is -2.04. The summed E-state index contributed by atoms with van der Waals surface area (Å²) in [4.78, 5) is 25.6. The molecule has 0 heterocycles. The van der Waals surface area contributed by atoms with E-state index in [1.54, 1.807) is 37.4 Å². The minimum Gasteiger partial charge on any atom is -0.343 e. The minimum atomic E-state index is -0.380. The number of hydrogen-bond donors (Lipinski definition) is 1. The fourth-order valence-corrected chi connectivity index (χ4v) is 2.42. The van der Waals surface area contributed by atoms with Crippen LogP contribution >= 0.6 is 23.2 Å². The fourth-order valence-electron chi connectivity index (χ4n) is 2.00. The lowest BCUT2D eigenvalue weighted by molar-refractivity contribution is -0.129. The maximum atomic E-state index is 12.1. The Morgan fingerprint density at radius 2 is 1.61 bits per heavy atom. The first-order chi connectivity index (χ1) is 11.0. The third-order valence-corrected chi connectivity index (χ3v) is 4.01. The highest BCUT2D eigenvalue weighted by atomic mass is 35.5. The van der Waals surface area contributed by atoms with Gasteiger partial charge in [-0.1, -0.05) is 53.5 Å². The second-order valence-corrected chi connectivity index (χ2v) is 5.82. The maximum Gasteiger partial charge on any atom is 0.253 e. The van der Waals surface area contributed by atoms with E-state index in [0.717, 1.165) is 5.56 Å². The van der Waals surface area contributed by atoms with Gasteiger partial charge in [-0.05, 0) is 23.8 Å². The van der Waals surface area contributed by atoms with Crippen molar-refractivity contribution in [2.45, 2.75) is 6.54 Å². The molecule has 0 fully saturated rings. The van der Waals surface area contributed by atoms with Gasteiger partial charge in [0.05, 0.1) is 17.1 Å². The number of rotatable bonds is 5. The van der Waals surface area contributed by atoms with Crippen LogP contribution < -0.4 is 5.32 Å².